The summed E-state index contributed by atoms with van der Waals surface area (Å²) in [5, 5.41) is 30.8. The van der Waals surface area contributed by atoms with E-state index in [-0.39, 0.29) is 52.5 Å². The normalized spacial score (nSPS) is 12.8. The molecule has 0 rings (SSSR count). The first-order valence-corrected chi connectivity index (χ1v) is 9.53. The van der Waals surface area contributed by atoms with Gasteiger partial charge in [-0.15, -0.1) is 0 Å². The minimum Gasteiger partial charge on any atom is -0.549 e. The number of ketones is 3. The van der Waals surface area contributed by atoms with Gasteiger partial charge in [-0.1, -0.05) is 41.5 Å². The molecule has 174 valence electrons. The summed E-state index contributed by atoms with van der Waals surface area (Å²) in [5.74, 6) is -8.21. The van der Waals surface area contributed by atoms with Gasteiger partial charge in [0.1, 0.15) is 17.3 Å². The molecule has 0 fully saturated rings. The number of Topliss-reactive ketones (excluding diaryl/α,β-unsaturated/α-hetero) is 3. The predicted octanol–water partition coefficient (Wildman–Crippen LogP) is -1.59. The number of carbonyl (C=O) groups excluding carboxylic acids is 6. The third kappa shape index (κ3) is 16.3. The van der Waals surface area contributed by atoms with Crippen LogP contribution in [0.25, 0.3) is 0 Å². The molecule has 0 saturated heterocycles. The zero-order chi connectivity index (χ0) is 24.9. The van der Waals surface area contributed by atoms with Gasteiger partial charge < -0.3 is 29.7 Å². The van der Waals surface area contributed by atoms with Gasteiger partial charge in [0.2, 0.25) is 0 Å². The van der Waals surface area contributed by atoms with Crippen molar-refractivity contribution in [3.63, 3.8) is 0 Å². The van der Waals surface area contributed by atoms with E-state index in [2.05, 4.69) is 0 Å². The molecule has 0 radical (unpaired) electrons. The van der Waals surface area contributed by atoms with Crippen molar-refractivity contribution in [2.24, 2.45) is 35.5 Å². The maximum atomic E-state index is 10.6. The van der Waals surface area contributed by atoms with E-state index in [1.165, 1.54) is 20.8 Å². The Hall–Kier alpha value is -2.05. The molecule has 0 aromatic heterocycles. The second-order valence-corrected chi connectivity index (χ2v) is 7.95. The maximum absolute atomic E-state index is 10.6. The standard InChI is InChI=1S/3C7H12O3.Al/c3*1-4(2)6(5(3)8)7(9)10;/h3*4,6H,1-3H3,(H,9,10);/q;;;+3/p-3. The van der Waals surface area contributed by atoms with Gasteiger partial charge in [-0.05, 0) is 38.5 Å². The molecule has 0 N–H and O–H groups in total. The molecule has 0 aliphatic rings. The Bertz CT molecular complexity index is 497. The van der Waals surface area contributed by atoms with E-state index >= 15 is 0 Å². The number of rotatable bonds is 9. The SMILES string of the molecule is CC(=O)C(C(=O)[O-])C(C)C.CC(=O)C(C(=O)[O-])C(C)C.CC(=O)C(C(=O)[O-])C(C)C.[Al+3]. The summed E-state index contributed by atoms with van der Waals surface area (Å²) in [5.41, 5.74) is 0. The summed E-state index contributed by atoms with van der Waals surface area (Å²) in [6, 6.07) is 0. The van der Waals surface area contributed by atoms with Crippen LogP contribution in [0.4, 0.5) is 0 Å². The van der Waals surface area contributed by atoms with E-state index in [1.807, 2.05) is 0 Å². The van der Waals surface area contributed by atoms with Gasteiger partial charge in [0.05, 0.1) is 35.7 Å². The zero-order valence-electron chi connectivity index (χ0n) is 19.7. The maximum Gasteiger partial charge on any atom is 3.00 e. The molecule has 10 heteroatoms. The quantitative estimate of drug-likeness (QED) is 0.293. The number of carbonyl (C=O) groups is 6. The van der Waals surface area contributed by atoms with Crippen molar-refractivity contribution >= 4 is 52.6 Å². The second-order valence-electron chi connectivity index (χ2n) is 7.95. The van der Waals surface area contributed by atoms with Crippen LogP contribution in [0.3, 0.4) is 0 Å². The van der Waals surface area contributed by atoms with E-state index < -0.39 is 35.7 Å². The van der Waals surface area contributed by atoms with E-state index in [0.29, 0.717) is 0 Å². The monoisotopic (exact) mass is 456 g/mol. The Labute approximate surface area is 194 Å². The van der Waals surface area contributed by atoms with E-state index in [4.69, 9.17) is 0 Å². The molecule has 0 heterocycles. The van der Waals surface area contributed by atoms with Gasteiger partial charge in [0.15, 0.2) is 0 Å². The van der Waals surface area contributed by atoms with Crippen molar-refractivity contribution in [1.29, 1.82) is 0 Å². The summed E-state index contributed by atoms with van der Waals surface area (Å²) in [7, 11) is 0. The third-order valence-corrected chi connectivity index (χ3v) is 4.08. The van der Waals surface area contributed by atoms with Crippen molar-refractivity contribution in [3.8, 4) is 0 Å². The molecule has 9 nitrogen and oxygen atoms in total. The molecule has 3 atom stereocenters. The van der Waals surface area contributed by atoms with Crippen molar-refractivity contribution in [2.75, 3.05) is 0 Å². The Morgan fingerprint density at radius 1 is 0.452 bits per heavy atom. The van der Waals surface area contributed by atoms with Crippen molar-refractivity contribution in [3.05, 3.63) is 0 Å². The van der Waals surface area contributed by atoms with Crippen LogP contribution in [0.2, 0.25) is 0 Å². The van der Waals surface area contributed by atoms with Gasteiger partial charge in [-0.25, -0.2) is 0 Å². The van der Waals surface area contributed by atoms with Crippen LogP contribution in [0, 0.1) is 35.5 Å². The molecule has 0 spiro atoms. The molecule has 0 amide bonds. The Morgan fingerprint density at radius 2 is 0.581 bits per heavy atom. The molecule has 0 aromatic rings. The summed E-state index contributed by atoms with van der Waals surface area (Å²) >= 11 is 0. The minimum absolute atomic E-state index is 0. The summed E-state index contributed by atoms with van der Waals surface area (Å²) in [6.07, 6.45) is 0. The fourth-order valence-electron chi connectivity index (χ4n) is 2.72. The number of hydrogen-bond acceptors (Lipinski definition) is 9. The van der Waals surface area contributed by atoms with Crippen LogP contribution in [0.1, 0.15) is 62.3 Å². The largest absolute Gasteiger partial charge is 3.00 e. The Kier molecular flexibility index (Phi) is 20.6. The van der Waals surface area contributed by atoms with Crippen LogP contribution in [-0.2, 0) is 28.8 Å². The second kappa shape index (κ2) is 17.6. The van der Waals surface area contributed by atoms with Gasteiger partial charge in [0, 0.05) is 0 Å². The fraction of sp³-hybridized carbons (Fsp3) is 0.714. The summed E-state index contributed by atoms with van der Waals surface area (Å²) < 4.78 is 0. The first-order chi connectivity index (χ1) is 13.4. The minimum atomic E-state index is -1.28. The van der Waals surface area contributed by atoms with Gasteiger partial charge in [-0.2, -0.15) is 0 Å². The van der Waals surface area contributed by atoms with Crippen molar-refractivity contribution in [1.82, 2.24) is 0 Å². The Morgan fingerprint density at radius 3 is 0.581 bits per heavy atom. The average Bonchev–Trinajstić information content (AvgIpc) is 2.43. The van der Waals surface area contributed by atoms with Crippen molar-refractivity contribution in [2.45, 2.75) is 62.3 Å². The van der Waals surface area contributed by atoms with E-state index in [1.54, 1.807) is 41.5 Å². The molecular weight excluding hydrogens is 423 g/mol. The van der Waals surface area contributed by atoms with E-state index in [9.17, 15) is 44.1 Å². The smallest absolute Gasteiger partial charge is 0.549 e. The molecule has 0 aliphatic heterocycles. The predicted molar refractivity (Wildman–Crippen MR) is 108 cm³/mol. The molecule has 3 unspecified atom stereocenters. The molecule has 0 saturated carbocycles. The molecule has 0 aliphatic carbocycles. The fourth-order valence-corrected chi connectivity index (χ4v) is 2.72. The zero-order valence-corrected chi connectivity index (χ0v) is 20.9. The van der Waals surface area contributed by atoms with Gasteiger partial charge in [0.25, 0.3) is 0 Å². The first kappa shape index (κ1) is 36.3. The number of carboxylic acid groups (broad SMARTS) is 3. The van der Waals surface area contributed by atoms with Crippen LogP contribution in [0.15, 0.2) is 0 Å². The van der Waals surface area contributed by atoms with Crippen LogP contribution in [0.5, 0.6) is 0 Å². The summed E-state index contributed by atoms with van der Waals surface area (Å²) in [4.78, 5) is 62.6. The molecular formula is C21H33AlO9. The molecule has 0 aromatic carbocycles. The average molecular weight is 456 g/mol. The molecule has 31 heavy (non-hydrogen) atoms. The number of carboxylic acids is 3. The van der Waals surface area contributed by atoms with E-state index in [0.717, 1.165) is 0 Å². The van der Waals surface area contributed by atoms with Crippen molar-refractivity contribution < 1.29 is 44.1 Å². The van der Waals surface area contributed by atoms with Crippen LogP contribution in [-0.4, -0.2) is 52.6 Å². The number of aliphatic carboxylic acids is 3. The first-order valence-electron chi connectivity index (χ1n) is 9.53. The topological polar surface area (TPSA) is 172 Å². The third-order valence-electron chi connectivity index (χ3n) is 4.08. The van der Waals surface area contributed by atoms with Gasteiger partial charge in [-0.3, -0.25) is 14.4 Å². The molecule has 0 bridgehead atoms. The van der Waals surface area contributed by atoms with Crippen LogP contribution >= 0.6 is 0 Å². The number of hydrogen-bond donors (Lipinski definition) is 0. The van der Waals surface area contributed by atoms with Gasteiger partial charge >= 0.3 is 17.4 Å². The van der Waals surface area contributed by atoms with Crippen LogP contribution < -0.4 is 15.3 Å². The summed E-state index contributed by atoms with van der Waals surface area (Å²) in [6.45, 7) is 13.9. The Balaban J connectivity index is -0.000000174.